The lowest BCUT2D eigenvalue weighted by molar-refractivity contribution is -0.134. The van der Waals surface area contributed by atoms with Crippen molar-refractivity contribution in [2.75, 3.05) is 7.11 Å². The summed E-state index contributed by atoms with van der Waals surface area (Å²) in [6.45, 7) is 0. The van der Waals surface area contributed by atoms with Gasteiger partial charge in [0.25, 0.3) is 0 Å². The van der Waals surface area contributed by atoms with Crippen molar-refractivity contribution in [3.05, 3.63) is 40.7 Å². The summed E-state index contributed by atoms with van der Waals surface area (Å²) in [4.78, 5) is 10.7. The van der Waals surface area contributed by atoms with Crippen molar-refractivity contribution >= 4 is 23.6 Å². The third-order valence-electron chi connectivity index (χ3n) is 1.56. The van der Waals surface area contributed by atoms with Crippen molar-refractivity contribution in [3.8, 4) is 0 Å². The Bertz CT molecular complexity index is 374. The van der Waals surface area contributed by atoms with Gasteiger partial charge in [-0.15, -0.1) is 0 Å². The summed E-state index contributed by atoms with van der Waals surface area (Å²) in [5, 5.41) is 0.0250. The van der Waals surface area contributed by atoms with Crippen molar-refractivity contribution in [2.45, 2.75) is 0 Å². The fourth-order valence-corrected chi connectivity index (χ4v) is 1.04. The number of carbonyl (C=O) groups is 1. The predicted molar refractivity (Wildman–Crippen MR) is 52.5 cm³/mol. The van der Waals surface area contributed by atoms with Crippen LogP contribution in [0.15, 0.2) is 24.3 Å². The van der Waals surface area contributed by atoms with E-state index in [4.69, 9.17) is 11.6 Å². The number of hydrogen-bond acceptors (Lipinski definition) is 2. The summed E-state index contributed by atoms with van der Waals surface area (Å²) in [6, 6.07) is 4.18. The van der Waals surface area contributed by atoms with E-state index in [1.807, 2.05) is 0 Å². The summed E-state index contributed by atoms with van der Waals surface area (Å²) in [5.41, 5.74) is 0.641. The molecule has 0 saturated heterocycles. The molecule has 0 aliphatic carbocycles. The molecule has 0 amide bonds. The zero-order chi connectivity index (χ0) is 10.6. The summed E-state index contributed by atoms with van der Waals surface area (Å²) >= 11 is 5.54. The van der Waals surface area contributed by atoms with Gasteiger partial charge in [-0.05, 0) is 23.8 Å². The highest BCUT2D eigenvalue weighted by Gasteiger charge is 1.98. The van der Waals surface area contributed by atoms with Crippen LogP contribution < -0.4 is 0 Å². The Morgan fingerprint density at radius 1 is 1.57 bits per heavy atom. The van der Waals surface area contributed by atoms with Crippen molar-refractivity contribution < 1.29 is 13.9 Å². The van der Waals surface area contributed by atoms with E-state index in [0.29, 0.717) is 5.56 Å². The van der Waals surface area contributed by atoms with Gasteiger partial charge < -0.3 is 4.74 Å². The number of rotatable bonds is 2. The van der Waals surface area contributed by atoms with Crippen molar-refractivity contribution in [1.29, 1.82) is 0 Å². The average Bonchev–Trinajstić information content (AvgIpc) is 2.19. The second-order valence-electron chi connectivity index (χ2n) is 2.53. The van der Waals surface area contributed by atoms with Crippen molar-refractivity contribution in [2.24, 2.45) is 0 Å². The zero-order valence-corrected chi connectivity index (χ0v) is 8.22. The number of halogens is 2. The average molecular weight is 215 g/mol. The lowest BCUT2D eigenvalue weighted by atomic mass is 10.2. The number of methoxy groups -OCH3 is 1. The highest BCUT2D eigenvalue weighted by Crippen LogP contribution is 2.16. The van der Waals surface area contributed by atoms with Gasteiger partial charge in [-0.3, -0.25) is 0 Å². The summed E-state index contributed by atoms with van der Waals surface area (Å²) < 4.78 is 17.1. The summed E-state index contributed by atoms with van der Waals surface area (Å²) in [6.07, 6.45) is 2.74. The molecule has 0 heterocycles. The quantitative estimate of drug-likeness (QED) is 0.559. The molecule has 74 valence electrons. The molecular weight excluding hydrogens is 207 g/mol. The molecule has 0 saturated carbocycles. The van der Waals surface area contributed by atoms with Gasteiger partial charge in [0.1, 0.15) is 5.82 Å². The second-order valence-corrected chi connectivity index (χ2v) is 2.94. The molecule has 0 bridgehead atoms. The maximum Gasteiger partial charge on any atom is 0.330 e. The molecule has 0 aromatic heterocycles. The van der Waals surface area contributed by atoms with Crippen LogP contribution in [0.25, 0.3) is 6.08 Å². The van der Waals surface area contributed by atoms with Crippen molar-refractivity contribution in [1.82, 2.24) is 0 Å². The fraction of sp³-hybridized carbons (Fsp3) is 0.100. The standard InChI is InChI=1S/C10H8ClFO2/c1-14-10(13)5-3-7-2-4-9(12)8(11)6-7/h2-6H,1H3/b5-3+. The highest BCUT2D eigenvalue weighted by atomic mass is 35.5. The molecule has 1 rings (SSSR count). The molecule has 0 atom stereocenters. The molecule has 1 aromatic rings. The number of benzene rings is 1. The molecule has 1 aromatic carbocycles. The zero-order valence-electron chi connectivity index (χ0n) is 7.46. The van der Waals surface area contributed by atoms with Gasteiger partial charge in [-0.1, -0.05) is 17.7 Å². The maximum absolute atomic E-state index is 12.7. The van der Waals surface area contributed by atoms with E-state index in [0.717, 1.165) is 0 Å². The molecule has 2 nitrogen and oxygen atoms in total. The first-order valence-corrected chi connectivity index (χ1v) is 4.22. The number of hydrogen-bond donors (Lipinski definition) is 0. The van der Waals surface area contributed by atoms with E-state index >= 15 is 0 Å². The van der Waals surface area contributed by atoms with Gasteiger partial charge >= 0.3 is 5.97 Å². The van der Waals surface area contributed by atoms with E-state index in [1.165, 1.54) is 37.5 Å². The second kappa shape index (κ2) is 4.77. The molecule has 0 unspecified atom stereocenters. The normalized spacial score (nSPS) is 10.5. The van der Waals surface area contributed by atoms with Gasteiger partial charge in [-0.2, -0.15) is 0 Å². The molecule has 0 fully saturated rings. The summed E-state index contributed by atoms with van der Waals surface area (Å²) in [5.74, 6) is -0.952. The fourth-order valence-electron chi connectivity index (χ4n) is 0.848. The minimum Gasteiger partial charge on any atom is -0.466 e. The van der Waals surface area contributed by atoms with Crippen molar-refractivity contribution in [3.63, 3.8) is 0 Å². The van der Waals surface area contributed by atoms with E-state index in [2.05, 4.69) is 4.74 Å². The van der Waals surface area contributed by atoms with Crippen LogP contribution in [0.4, 0.5) is 4.39 Å². The Hall–Kier alpha value is -1.35. The molecule has 14 heavy (non-hydrogen) atoms. The summed E-state index contributed by atoms with van der Waals surface area (Å²) in [7, 11) is 1.28. The Labute approximate surface area is 85.9 Å². The third-order valence-corrected chi connectivity index (χ3v) is 1.85. The largest absolute Gasteiger partial charge is 0.466 e. The Morgan fingerprint density at radius 2 is 2.29 bits per heavy atom. The minimum atomic E-state index is -0.484. The van der Waals surface area contributed by atoms with Gasteiger partial charge in [0.2, 0.25) is 0 Å². The van der Waals surface area contributed by atoms with Crippen LogP contribution in [-0.2, 0) is 9.53 Å². The topological polar surface area (TPSA) is 26.3 Å². The Morgan fingerprint density at radius 3 is 2.86 bits per heavy atom. The number of carbonyl (C=O) groups excluding carboxylic acids is 1. The minimum absolute atomic E-state index is 0.0250. The first-order chi connectivity index (χ1) is 6.63. The molecule has 4 heteroatoms. The Balaban J connectivity index is 2.83. The Kier molecular flexibility index (Phi) is 3.65. The molecular formula is C10H8ClFO2. The molecule has 0 aliphatic rings. The maximum atomic E-state index is 12.7. The van der Waals surface area contributed by atoms with Crippen LogP contribution in [0.1, 0.15) is 5.56 Å². The van der Waals surface area contributed by atoms with Crippen LogP contribution in [0, 0.1) is 5.82 Å². The predicted octanol–water partition coefficient (Wildman–Crippen LogP) is 2.67. The van der Waals surface area contributed by atoms with E-state index in [-0.39, 0.29) is 5.02 Å². The van der Waals surface area contributed by atoms with Crippen LogP contribution in [0.2, 0.25) is 5.02 Å². The lowest BCUT2D eigenvalue weighted by Gasteiger charge is -1.96. The third kappa shape index (κ3) is 2.85. The molecule has 0 aliphatic heterocycles. The first-order valence-electron chi connectivity index (χ1n) is 3.84. The number of esters is 1. The van der Waals surface area contributed by atoms with E-state index in [9.17, 15) is 9.18 Å². The monoisotopic (exact) mass is 214 g/mol. The van der Waals surface area contributed by atoms with Gasteiger partial charge in [0.05, 0.1) is 12.1 Å². The lowest BCUT2D eigenvalue weighted by Crippen LogP contribution is -1.93. The highest BCUT2D eigenvalue weighted by molar-refractivity contribution is 6.30. The van der Waals surface area contributed by atoms with E-state index < -0.39 is 11.8 Å². The molecule has 0 N–H and O–H groups in total. The SMILES string of the molecule is COC(=O)/C=C/c1ccc(F)c(Cl)c1. The van der Waals surface area contributed by atoms with Gasteiger partial charge in [0, 0.05) is 6.08 Å². The van der Waals surface area contributed by atoms with Gasteiger partial charge in [-0.25, -0.2) is 9.18 Å². The van der Waals surface area contributed by atoms with Crippen LogP contribution in [0.3, 0.4) is 0 Å². The number of ether oxygens (including phenoxy) is 1. The van der Waals surface area contributed by atoms with E-state index in [1.54, 1.807) is 0 Å². The smallest absolute Gasteiger partial charge is 0.330 e. The van der Waals surface area contributed by atoms with Gasteiger partial charge in [0.15, 0.2) is 0 Å². The first kappa shape index (κ1) is 10.7. The van der Waals surface area contributed by atoms with Crippen LogP contribution in [0.5, 0.6) is 0 Å². The van der Waals surface area contributed by atoms with Crippen LogP contribution >= 0.6 is 11.6 Å². The molecule has 0 radical (unpaired) electrons. The van der Waals surface area contributed by atoms with Crippen LogP contribution in [-0.4, -0.2) is 13.1 Å². The molecule has 0 spiro atoms.